The molecule has 0 aromatic carbocycles. The highest BCUT2D eigenvalue weighted by Crippen LogP contribution is 2.31. The summed E-state index contributed by atoms with van der Waals surface area (Å²) in [6.07, 6.45) is 3.66. The largest absolute Gasteiger partial charge is 0.474 e. The second-order valence-electron chi connectivity index (χ2n) is 5.84. The maximum Gasteiger partial charge on any atom is 0.219 e. The van der Waals surface area contributed by atoms with Gasteiger partial charge in [-0.2, -0.15) is 4.98 Å². The third-order valence-electron chi connectivity index (χ3n) is 3.63. The molecule has 5 heteroatoms. The Labute approximate surface area is 120 Å². The number of nitrogen functional groups attached to an aromatic ring is 1. The zero-order valence-electron chi connectivity index (χ0n) is 12.6. The van der Waals surface area contributed by atoms with E-state index in [1.54, 1.807) is 6.07 Å². The van der Waals surface area contributed by atoms with Crippen LogP contribution in [0.25, 0.3) is 0 Å². The van der Waals surface area contributed by atoms with Gasteiger partial charge in [-0.05, 0) is 38.0 Å². The molecular formula is C15H25N3O2. The van der Waals surface area contributed by atoms with Crippen LogP contribution in [0.1, 0.15) is 45.9 Å². The van der Waals surface area contributed by atoms with Crippen LogP contribution in [0.3, 0.4) is 0 Å². The van der Waals surface area contributed by atoms with E-state index in [0.29, 0.717) is 42.6 Å². The van der Waals surface area contributed by atoms with E-state index in [0.717, 1.165) is 12.8 Å². The molecule has 20 heavy (non-hydrogen) atoms. The number of nitrogens with two attached hydrogens (primary N) is 1. The summed E-state index contributed by atoms with van der Waals surface area (Å²) >= 11 is 0. The fourth-order valence-corrected chi connectivity index (χ4v) is 2.95. The molecule has 5 nitrogen and oxygen atoms in total. The molecule has 1 aromatic heterocycles. The zero-order valence-corrected chi connectivity index (χ0v) is 12.6. The number of anilines is 1. The lowest BCUT2D eigenvalue weighted by Crippen LogP contribution is -2.29. The average Bonchev–Trinajstić information content (AvgIpc) is 2.34. The van der Waals surface area contributed by atoms with Crippen molar-refractivity contribution in [2.24, 2.45) is 11.8 Å². The first-order valence-electron chi connectivity index (χ1n) is 7.44. The van der Waals surface area contributed by atoms with E-state index in [4.69, 9.17) is 15.2 Å². The van der Waals surface area contributed by atoms with Gasteiger partial charge in [0.2, 0.25) is 5.88 Å². The Bertz CT molecular complexity index is 429. The summed E-state index contributed by atoms with van der Waals surface area (Å²) in [4.78, 5) is 8.53. The van der Waals surface area contributed by atoms with Crippen LogP contribution in [0.2, 0.25) is 0 Å². The van der Waals surface area contributed by atoms with Gasteiger partial charge in [0.05, 0.1) is 0 Å². The molecule has 0 saturated heterocycles. The molecule has 1 aliphatic rings. The van der Waals surface area contributed by atoms with Gasteiger partial charge >= 0.3 is 0 Å². The molecular weight excluding hydrogens is 254 g/mol. The Hall–Kier alpha value is -1.36. The third kappa shape index (κ3) is 4.34. The van der Waals surface area contributed by atoms with E-state index in [-0.39, 0.29) is 6.10 Å². The van der Waals surface area contributed by atoms with Gasteiger partial charge in [0, 0.05) is 12.7 Å². The first kappa shape index (κ1) is 15.0. The molecule has 0 aliphatic heterocycles. The quantitative estimate of drug-likeness (QED) is 0.897. The number of nitrogens with zero attached hydrogens (tertiary/aromatic N) is 2. The topological polar surface area (TPSA) is 70.3 Å². The lowest BCUT2D eigenvalue weighted by atomic mass is 9.82. The predicted octanol–water partition coefficient (Wildman–Crippen LogP) is 2.80. The van der Waals surface area contributed by atoms with Crippen molar-refractivity contribution in [1.29, 1.82) is 0 Å². The summed E-state index contributed by atoms with van der Waals surface area (Å²) in [5, 5.41) is 0. The van der Waals surface area contributed by atoms with Crippen LogP contribution in [0.15, 0.2) is 6.07 Å². The first-order valence-corrected chi connectivity index (χ1v) is 7.44. The Kier molecular flexibility index (Phi) is 5.17. The summed E-state index contributed by atoms with van der Waals surface area (Å²) in [5.41, 5.74) is 5.80. The maximum absolute atomic E-state index is 6.01. The van der Waals surface area contributed by atoms with E-state index in [1.165, 1.54) is 6.42 Å². The highest BCUT2D eigenvalue weighted by atomic mass is 16.5. The van der Waals surface area contributed by atoms with Crippen molar-refractivity contribution in [3.63, 3.8) is 0 Å². The molecule has 1 saturated carbocycles. The van der Waals surface area contributed by atoms with Crippen molar-refractivity contribution >= 4 is 5.82 Å². The first-order chi connectivity index (χ1) is 9.56. The molecule has 1 aliphatic carbocycles. The lowest BCUT2D eigenvalue weighted by Gasteiger charge is -2.31. The van der Waals surface area contributed by atoms with E-state index in [2.05, 4.69) is 23.8 Å². The highest BCUT2D eigenvalue weighted by Gasteiger charge is 2.25. The second kappa shape index (κ2) is 6.88. The van der Waals surface area contributed by atoms with Crippen LogP contribution in [0.4, 0.5) is 5.82 Å². The molecule has 2 N–H and O–H groups in total. The van der Waals surface area contributed by atoms with Gasteiger partial charge in [-0.3, -0.25) is 0 Å². The van der Waals surface area contributed by atoms with Crippen molar-refractivity contribution < 1.29 is 9.47 Å². The summed E-state index contributed by atoms with van der Waals surface area (Å²) < 4.78 is 11.3. The van der Waals surface area contributed by atoms with Crippen molar-refractivity contribution in [2.45, 2.75) is 52.7 Å². The molecule has 112 valence electrons. The molecule has 0 radical (unpaired) electrons. The minimum absolute atomic E-state index is 0.225. The Balaban J connectivity index is 2.02. The number of rotatable bonds is 5. The monoisotopic (exact) mass is 279 g/mol. The number of ether oxygens (including phenoxy) is 2. The van der Waals surface area contributed by atoms with E-state index in [9.17, 15) is 0 Å². The fraction of sp³-hybridized carbons (Fsp3) is 0.733. The van der Waals surface area contributed by atoms with Crippen LogP contribution in [0.5, 0.6) is 5.88 Å². The number of hydrogen-bond donors (Lipinski definition) is 1. The molecule has 1 aromatic rings. The van der Waals surface area contributed by atoms with Gasteiger partial charge in [0.25, 0.3) is 0 Å². The SMILES string of the molecule is CCOCc1nc(N)cc(OC2CC(C)CC(C)C2)n1. The van der Waals surface area contributed by atoms with E-state index < -0.39 is 0 Å². The van der Waals surface area contributed by atoms with Crippen LogP contribution in [-0.2, 0) is 11.3 Å². The number of aromatic nitrogens is 2. The average molecular weight is 279 g/mol. The fourth-order valence-electron chi connectivity index (χ4n) is 2.95. The van der Waals surface area contributed by atoms with Crippen molar-refractivity contribution in [2.75, 3.05) is 12.3 Å². The van der Waals surface area contributed by atoms with Gasteiger partial charge in [-0.1, -0.05) is 13.8 Å². The summed E-state index contributed by atoms with van der Waals surface area (Å²) in [6, 6.07) is 1.69. The van der Waals surface area contributed by atoms with Crippen molar-refractivity contribution in [3.05, 3.63) is 11.9 Å². The van der Waals surface area contributed by atoms with Gasteiger partial charge in [0.1, 0.15) is 18.5 Å². The van der Waals surface area contributed by atoms with Gasteiger partial charge in [-0.15, -0.1) is 0 Å². The molecule has 0 spiro atoms. The van der Waals surface area contributed by atoms with E-state index >= 15 is 0 Å². The molecule has 2 rings (SSSR count). The molecule has 0 bridgehead atoms. The Morgan fingerprint density at radius 1 is 1.20 bits per heavy atom. The van der Waals surface area contributed by atoms with Crippen molar-refractivity contribution in [1.82, 2.24) is 9.97 Å². The standard InChI is InChI=1S/C15H25N3O2/c1-4-19-9-14-17-13(16)8-15(18-14)20-12-6-10(2)5-11(3)7-12/h8,10-12H,4-7,9H2,1-3H3,(H2,16,17,18). The molecule has 0 amide bonds. The lowest BCUT2D eigenvalue weighted by molar-refractivity contribution is 0.0941. The van der Waals surface area contributed by atoms with Crippen LogP contribution in [0, 0.1) is 11.8 Å². The van der Waals surface area contributed by atoms with Gasteiger partial charge < -0.3 is 15.2 Å². The Morgan fingerprint density at radius 2 is 1.90 bits per heavy atom. The predicted molar refractivity (Wildman–Crippen MR) is 78.4 cm³/mol. The van der Waals surface area contributed by atoms with Gasteiger partial charge in [0.15, 0.2) is 5.82 Å². The van der Waals surface area contributed by atoms with Crippen molar-refractivity contribution in [3.8, 4) is 5.88 Å². The summed E-state index contributed by atoms with van der Waals surface area (Å²) in [7, 11) is 0. The molecule has 1 heterocycles. The second-order valence-corrected chi connectivity index (χ2v) is 5.84. The summed E-state index contributed by atoms with van der Waals surface area (Å²) in [6.45, 7) is 7.50. The molecule has 1 fully saturated rings. The van der Waals surface area contributed by atoms with Crippen LogP contribution < -0.4 is 10.5 Å². The number of hydrogen-bond acceptors (Lipinski definition) is 5. The minimum Gasteiger partial charge on any atom is -0.474 e. The Morgan fingerprint density at radius 3 is 2.55 bits per heavy atom. The van der Waals surface area contributed by atoms with Gasteiger partial charge in [-0.25, -0.2) is 4.98 Å². The normalized spacial score (nSPS) is 26.4. The molecule has 2 unspecified atom stereocenters. The van der Waals surface area contributed by atoms with Crippen LogP contribution in [-0.4, -0.2) is 22.7 Å². The minimum atomic E-state index is 0.225. The smallest absolute Gasteiger partial charge is 0.219 e. The zero-order chi connectivity index (χ0) is 14.5. The molecule has 2 atom stereocenters. The van der Waals surface area contributed by atoms with E-state index in [1.807, 2.05) is 6.92 Å². The highest BCUT2D eigenvalue weighted by molar-refractivity contribution is 5.32. The summed E-state index contributed by atoms with van der Waals surface area (Å²) in [5.74, 6) is 2.98. The maximum atomic E-state index is 6.01. The third-order valence-corrected chi connectivity index (χ3v) is 3.63. The van der Waals surface area contributed by atoms with Crippen LogP contribution >= 0.6 is 0 Å².